The van der Waals surface area contributed by atoms with Gasteiger partial charge in [0.2, 0.25) is 11.8 Å². The van der Waals surface area contributed by atoms with E-state index >= 15 is 0 Å². The molecule has 0 unspecified atom stereocenters. The zero-order valence-electron chi connectivity index (χ0n) is 23.1. The molecule has 0 bridgehead atoms. The molecule has 0 aliphatic heterocycles. The molecule has 2 heterocycles. The van der Waals surface area contributed by atoms with Crippen molar-refractivity contribution in [3.8, 4) is 5.75 Å². The van der Waals surface area contributed by atoms with Crippen molar-refractivity contribution in [2.45, 2.75) is 13.5 Å². The van der Waals surface area contributed by atoms with E-state index in [2.05, 4.69) is 10.3 Å². The predicted octanol–water partition coefficient (Wildman–Crippen LogP) is 5.26. The number of hydrogen-bond acceptors (Lipinski definition) is 7. The minimum absolute atomic E-state index is 0.0566. The van der Waals surface area contributed by atoms with Crippen LogP contribution in [0, 0.1) is 6.92 Å². The molecule has 0 aliphatic rings. The van der Waals surface area contributed by atoms with Gasteiger partial charge in [-0.15, -0.1) is 0 Å². The Morgan fingerprint density at radius 2 is 1.85 bits per heavy atom. The Bertz CT molecular complexity index is 1620. The summed E-state index contributed by atoms with van der Waals surface area (Å²) in [6, 6.07) is 14.4. The van der Waals surface area contributed by atoms with Crippen LogP contribution in [-0.4, -0.2) is 49.5 Å². The predicted molar refractivity (Wildman–Crippen MR) is 166 cm³/mol. The monoisotopic (exact) mass is 592 g/mol. The first-order chi connectivity index (χ1) is 19.5. The van der Waals surface area contributed by atoms with Gasteiger partial charge >= 0.3 is 0 Å². The summed E-state index contributed by atoms with van der Waals surface area (Å²) in [5, 5.41) is 4.20. The molecule has 212 valence electrons. The van der Waals surface area contributed by atoms with Gasteiger partial charge in [0.15, 0.2) is 0 Å². The van der Waals surface area contributed by atoms with Crippen LogP contribution in [0.1, 0.15) is 16.8 Å². The van der Waals surface area contributed by atoms with Gasteiger partial charge in [-0.3, -0.25) is 9.59 Å². The maximum atomic E-state index is 12.9. The Hall–Kier alpha value is -4.34. The highest BCUT2D eigenvalue weighted by atomic mass is 35.5. The summed E-state index contributed by atoms with van der Waals surface area (Å²) < 4.78 is 6.17. The summed E-state index contributed by atoms with van der Waals surface area (Å²) in [5.41, 5.74) is 9.83. The molecule has 9 nitrogen and oxygen atoms in total. The molecule has 2 aromatic heterocycles. The van der Waals surface area contributed by atoms with Gasteiger partial charge in [-0.25, -0.2) is 9.97 Å². The number of nitrogen functional groups attached to an aromatic ring is 1. The fourth-order valence-corrected chi connectivity index (χ4v) is 4.71. The van der Waals surface area contributed by atoms with Crippen molar-refractivity contribution in [1.82, 2.24) is 15.3 Å². The van der Waals surface area contributed by atoms with Gasteiger partial charge in [0.25, 0.3) is 0 Å². The smallest absolute Gasteiger partial charge is 0.246 e. The summed E-state index contributed by atoms with van der Waals surface area (Å²) in [4.78, 5) is 37.2. The van der Waals surface area contributed by atoms with Crippen LogP contribution in [0.5, 0.6) is 5.75 Å². The van der Waals surface area contributed by atoms with E-state index in [1.807, 2.05) is 50.2 Å². The molecule has 2 aromatic carbocycles. The average molecular weight is 594 g/mol. The number of nitrogens with zero attached hydrogens (tertiary/aromatic N) is 4. The van der Waals surface area contributed by atoms with Crippen molar-refractivity contribution in [2.24, 2.45) is 0 Å². The highest BCUT2D eigenvalue weighted by Gasteiger charge is 2.19. The molecular formula is C30H30Cl2N6O3. The van der Waals surface area contributed by atoms with E-state index in [4.69, 9.17) is 38.7 Å². The highest BCUT2D eigenvalue weighted by molar-refractivity contribution is 6.38. The molecule has 41 heavy (non-hydrogen) atoms. The molecule has 0 aliphatic carbocycles. The van der Waals surface area contributed by atoms with Gasteiger partial charge in [0, 0.05) is 60.8 Å². The lowest BCUT2D eigenvalue weighted by atomic mass is 10.1. The number of likely N-dealkylation sites (N-methyl/N-ethyl adjacent to an activating group) is 1. The van der Waals surface area contributed by atoms with Crippen LogP contribution in [-0.2, 0) is 16.2 Å². The van der Waals surface area contributed by atoms with Crippen molar-refractivity contribution in [3.63, 3.8) is 0 Å². The zero-order chi connectivity index (χ0) is 29.7. The first-order valence-electron chi connectivity index (χ1n) is 12.7. The SMILES string of the molecule is Cc1cc(N(C)C)c2cccc(OCc3c(Cl)ccc(N(C)C(=O)CNC(=O)C=Cc4ccc(N)nc4)c3Cl)c2n1. The molecule has 0 spiro atoms. The Morgan fingerprint density at radius 3 is 2.56 bits per heavy atom. The van der Waals surface area contributed by atoms with Crippen LogP contribution in [0.2, 0.25) is 10.0 Å². The summed E-state index contributed by atoms with van der Waals surface area (Å²) in [5.74, 6) is 0.162. The second-order valence-electron chi connectivity index (χ2n) is 9.50. The van der Waals surface area contributed by atoms with Gasteiger partial charge in [0.1, 0.15) is 23.7 Å². The van der Waals surface area contributed by atoms with Crippen molar-refractivity contribution in [3.05, 3.63) is 87.7 Å². The lowest BCUT2D eigenvalue weighted by Crippen LogP contribution is -2.37. The van der Waals surface area contributed by atoms with Crippen molar-refractivity contribution >= 4 is 69.2 Å². The number of ether oxygens (including phenoxy) is 1. The number of nitrogens with one attached hydrogen (secondary N) is 1. The molecule has 0 radical (unpaired) electrons. The molecule has 4 rings (SSSR count). The number of pyridine rings is 2. The van der Waals surface area contributed by atoms with E-state index in [9.17, 15) is 9.59 Å². The van der Waals surface area contributed by atoms with E-state index in [0.29, 0.717) is 33.4 Å². The first kappa shape index (κ1) is 29.6. The third kappa shape index (κ3) is 7.06. The number of halogens is 2. The van der Waals surface area contributed by atoms with Gasteiger partial charge in [-0.1, -0.05) is 35.3 Å². The maximum Gasteiger partial charge on any atom is 0.246 e. The number of aromatic nitrogens is 2. The fraction of sp³-hybridized carbons (Fsp3) is 0.200. The Labute approximate surface area is 248 Å². The number of rotatable bonds is 9. The molecule has 3 N–H and O–H groups in total. The number of nitrogens with two attached hydrogens (primary N) is 1. The summed E-state index contributed by atoms with van der Waals surface area (Å²) >= 11 is 13.2. The molecule has 0 saturated heterocycles. The maximum absolute atomic E-state index is 12.9. The number of amides is 2. The lowest BCUT2D eigenvalue weighted by molar-refractivity contribution is -0.122. The minimum Gasteiger partial charge on any atom is -0.487 e. The largest absolute Gasteiger partial charge is 0.487 e. The van der Waals surface area contributed by atoms with E-state index in [-0.39, 0.29) is 24.1 Å². The van der Waals surface area contributed by atoms with Crippen molar-refractivity contribution < 1.29 is 14.3 Å². The zero-order valence-corrected chi connectivity index (χ0v) is 24.6. The lowest BCUT2D eigenvalue weighted by Gasteiger charge is -2.21. The van der Waals surface area contributed by atoms with Crippen LogP contribution in [0.25, 0.3) is 17.0 Å². The number of aryl methyl sites for hydroxylation is 1. The molecule has 0 atom stereocenters. The Balaban J connectivity index is 1.46. The number of carbonyl (C=O) groups excluding carboxylic acids is 2. The molecule has 0 fully saturated rings. The topological polar surface area (TPSA) is 114 Å². The van der Waals surface area contributed by atoms with Crippen molar-refractivity contribution in [2.75, 3.05) is 43.2 Å². The number of para-hydroxylation sites is 1. The van der Waals surface area contributed by atoms with Gasteiger partial charge < -0.3 is 25.6 Å². The van der Waals surface area contributed by atoms with Gasteiger partial charge in [0.05, 0.1) is 17.3 Å². The molecule has 11 heteroatoms. The van der Waals surface area contributed by atoms with Crippen LogP contribution >= 0.6 is 23.2 Å². The van der Waals surface area contributed by atoms with E-state index in [0.717, 1.165) is 22.3 Å². The van der Waals surface area contributed by atoms with E-state index < -0.39 is 5.91 Å². The number of fused-ring (bicyclic) bond motifs is 1. The highest BCUT2D eigenvalue weighted by Crippen LogP contribution is 2.36. The molecule has 2 amide bonds. The van der Waals surface area contributed by atoms with Crippen LogP contribution in [0.15, 0.2) is 60.8 Å². The third-order valence-corrected chi connectivity index (χ3v) is 7.09. The summed E-state index contributed by atoms with van der Waals surface area (Å²) in [6.45, 7) is 1.75. The van der Waals surface area contributed by atoms with Gasteiger partial charge in [-0.2, -0.15) is 0 Å². The third-order valence-electron chi connectivity index (χ3n) is 6.31. The second-order valence-corrected chi connectivity index (χ2v) is 10.3. The number of carbonyl (C=O) groups is 2. The second kappa shape index (κ2) is 12.9. The van der Waals surface area contributed by atoms with Crippen LogP contribution in [0.4, 0.5) is 17.2 Å². The van der Waals surface area contributed by atoms with Crippen LogP contribution in [0.3, 0.4) is 0 Å². The fourth-order valence-electron chi connectivity index (χ4n) is 4.10. The minimum atomic E-state index is -0.434. The normalized spacial score (nSPS) is 11.1. The average Bonchev–Trinajstić information content (AvgIpc) is 2.94. The van der Waals surface area contributed by atoms with Gasteiger partial charge in [-0.05, 0) is 55.0 Å². The number of anilines is 3. The first-order valence-corrected chi connectivity index (χ1v) is 13.4. The summed E-state index contributed by atoms with van der Waals surface area (Å²) in [6.07, 6.45) is 4.43. The standard InChI is InChI=1S/C30H30Cl2N6O3/c1-18-14-24(37(2)3)20-6-5-7-25(30(20)36-18)41-17-21-22(31)10-11-23(29(21)32)38(4)28(40)16-35-27(39)13-9-19-8-12-26(33)34-15-19/h5-15H,16-17H2,1-4H3,(H2,33,34)(H,35,39). The van der Waals surface area contributed by atoms with E-state index in [1.54, 1.807) is 43.6 Å². The van der Waals surface area contributed by atoms with Crippen LogP contribution < -0.4 is 25.6 Å². The quantitative estimate of drug-likeness (QED) is 0.255. The van der Waals surface area contributed by atoms with E-state index in [1.165, 1.54) is 11.0 Å². The molecule has 4 aromatic rings. The number of hydrogen-bond donors (Lipinski definition) is 2. The Kier molecular flexibility index (Phi) is 9.31. The Morgan fingerprint density at radius 1 is 1.07 bits per heavy atom. The van der Waals surface area contributed by atoms with Crippen molar-refractivity contribution in [1.29, 1.82) is 0 Å². The summed E-state index contributed by atoms with van der Waals surface area (Å²) in [7, 11) is 5.53. The molecule has 0 saturated carbocycles. The molecular weight excluding hydrogens is 563 g/mol. The number of benzene rings is 2.